The summed E-state index contributed by atoms with van der Waals surface area (Å²) in [5, 5.41) is 18.4. The van der Waals surface area contributed by atoms with Crippen LogP contribution in [-0.2, 0) is 5.60 Å². The average molecular weight is 273 g/mol. The quantitative estimate of drug-likeness (QED) is 0.762. The normalized spacial score (nSPS) is 14.2. The van der Waals surface area contributed by atoms with Gasteiger partial charge in [-0.2, -0.15) is 5.10 Å². The fraction of sp³-hybridized carbons (Fsp3) is 0.438. The number of aliphatic hydroxyl groups is 1. The molecule has 2 N–H and O–H groups in total. The molecule has 0 aliphatic rings. The molecular formula is C16H23N3O. The Kier molecular flexibility index (Phi) is 4.93. The van der Waals surface area contributed by atoms with Crippen molar-refractivity contribution in [2.75, 3.05) is 13.1 Å². The molecule has 1 atom stereocenters. The summed E-state index contributed by atoms with van der Waals surface area (Å²) in [7, 11) is 0. The summed E-state index contributed by atoms with van der Waals surface area (Å²) in [6.07, 6.45) is 3.49. The van der Waals surface area contributed by atoms with Gasteiger partial charge in [0, 0.05) is 6.20 Å². The molecule has 0 aliphatic heterocycles. The van der Waals surface area contributed by atoms with Crippen LogP contribution in [0.15, 0.2) is 42.6 Å². The van der Waals surface area contributed by atoms with Crippen LogP contribution in [0.3, 0.4) is 0 Å². The van der Waals surface area contributed by atoms with Gasteiger partial charge in [0.2, 0.25) is 0 Å². The molecule has 1 heterocycles. The maximum absolute atomic E-state index is 10.7. The van der Waals surface area contributed by atoms with Crippen molar-refractivity contribution in [2.24, 2.45) is 0 Å². The number of hydrogen-bond donors (Lipinski definition) is 2. The van der Waals surface area contributed by atoms with Gasteiger partial charge in [-0.25, -0.2) is 4.68 Å². The molecule has 0 bridgehead atoms. The summed E-state index contributed by atoms with van der Waals surface area (Å²) in [5.74, 6) is 0. The van der Waals surface area contributed by atoms with Gasteiger partial charge in [0.25, 0.3) is 0 Å². The van der Waals surface area contributed by atoms with Crippen molar-refractivity contribution in [3.05, 3.63) is 48.3 Å². The van der Waals surface area contributed by atoms with E-state index in [-0.39, 0.29) is 0 Å². The van der Waals surface area contributed by atoms with E-state index in [1.807, 2.05) is 43.3 Å². The van der Waals surface area contributed by atoms with Crippen molar-refractivity contribution in [1.82, 2.24) is 15.1 Å². The molecule has 4 heteroatoms. The number of nitrogens with one attached hydrogen (secondary N) is 1. The Hall–Kier alpha value is -1.65. The van der Waals surface area contributed by atoms with E-state index in [2.05, 4.69) is 17.3 Å². The van der Waals surface area contributed by atoms with E-state index >= 15 is 0 Å². The average Bonchev–Trinajstić information content (AvgIpc) is 2.95. The second-order valence-electron chi connectivity index (χ2n) is 5.24. The molecule has 108 valence electrons. The predicted octanol–water partition coefficient (Wildman–Crippen LogP) is 2.47. The third-order valence-electron chi connectivity index (χ3n) is 3.41. The summed E-state index contributed by atoms with van der Waals surface area (Å²) in [6.45, 7) is 5.75. The maximum Gasteiger partial charge on any atom is 0.105 e. The Bertz CT molecular complexity index is 520. The summed E-state index contributed by atoms with van der Waals surface area (Å²) in [5.41, 5.74) is 0.892. The third kappa shape index (κ3) is 3.46. The molecule has 20 heavy (non-hydrogen) atoms. The highest BCUT2D eigenvalue weighted by Gasteiger charge is 2.27. The number of benzene rings is 1. The van der Waals surface area contributed by atoms with Crippen LogP contribution in [0.4, 0.5) is 0 Å². The first-order chi connectivity index (χ1) is 9.65. The number of para-hydroxylation sites is 1. The Morgan fingerprint density at radius 2 is 1.95 bits per heavy atom. The van der Waals surface area contributed by atoms with Crippen molar-refractivity contribution in [3.63, 3.8) is 0 Å². The molecular weight excluding hydrogens is 250 g/mol. The lowest BCUT2D eigenvalue weighted by molar-refractivity contribution is 0.0411. The smallest absolute Gasteiger partial charge is 0.105 e. The first-order valence-corrected chi connectivity index (χ1v) is 7.18. The van der Waals surface area contributed by atoms with Crippen LogP contribution in [0, 0.1) is 0 Å². The Morgan fingerprint density at radius 3 is 2.65 bits per heavy atom. The summed E-state index contributed by atoms with van der Waals surface area (Å²) >= 11 is 0. The monoisotopic (exact) mass is 273 g/mol. The van der Waals surface area contributed by atoms with Crippen molar-refractivity contribution in [1.29, 1.82) is 0 Å². The lowest BCUT2D eigenvalue weighted by Gasteiger charge is -2.24. The van der Waals surface area contributed by atoms with E-state index < -0.39 is 5.60 Å². The van der Waals surface area contributed by atoms with Gasteiger partial charge in [0.15, 0.2) is 0 Å². The fourth-order valence-electron chi connectivity index (χ4n) is 2.25. The molecule has 0 saturated carbocycles. The maximum atomic E-state index is 10.7. The Morgan fingerprint density at radius 1 is 1.20 bits per heavy atom. The minimum absolute atomic E-state index is 0.658. The zero-order chi connectivity index (χ0) is 14.4. The first kappa shape index (κ1) is 14.8. The van der Waals surface area contributed by atoms with Crippen molar-refractivity contribution < 1.29 is 5.11 Å². The van der Waals surface area contributed by atoms with Gasteiger partial charge in [-0.15, -0.1) is 0 Å². The second-order valence-corrected chi connectivity index (χ2v) is 5.24. The van der Waals surface area contributed by atoms with Crippen LogP contribution < -0.4 is 5.32 Å². The van der Waals surface area contributed by atoms with Gasteiger partial charge >= 0.3 is 0 Å². The largest absolute Gasteiger partial charge is 0.384 e. The van der Waals surface area contributed by atoms with Gasteiger partial charge < -0.3 is 10.4 Å². The first-order valence-electron chi connectivity index (χ1n) is 7.18. The molecule has 1 unspecified atom stereocenters. The zero-order valence-electron chi connectivity index (χ0n) is 12.2. The molecule has 4 nitrogen and oxygen atoms in total. The van der Waals surface area contributed by atoms with E-state index in [0.29, 0.717) is 6.42 Å². The summed E-state index contributed by atoms with van der Waals surface area (Å²) in [6, 6.07) is 11.8. The number of aromatic nitrogens is 2. The standard InChI is InChI=1S/C16H23N3O/c1-3-11-17-13-10-16(2,20)15-9-12-18-19(15)14-7-5-4-6-8-14/h4-9,12,17,20H,3,10-11,13H2,1-2H3. The molecule has 0 amide bonds. The highest BCUT2D eigenvalue weighted by Crippen LogP contribution is 2.25. The number of nitrogens with zero attached hydrogens (tertiary/aromatic N) is 2. The molecule has 1 aromatic heterocycles. The number of rotatable bonds is 7. The van der Waals surface area contributed by atoms with E-state index in [1.165, 1.54) is 0 Å². The molecule has 0 radical (unpaired) electrons. The van der Waals surface area contributed by atoms with Crippen molar-refractivity contribution in [3.8, 4) is 5.69 Å². The minimum Gasteiger partial charge on any atom is -0.384 e. The van der Waals surface area contributed by atoms with Crippen molar-refractivity contribution >= 4 is 0 Å². The molecule has 0 fully saturated rings. The number of hydrogen-bond acceptors (Lipinski definition) is 3. The SMILES string of the molecule is CCCNCCC(C)(O)c1ccnn1-c1ccccc1. The van der Waals surface area contributed by atoms with Crippen LogP contribution in [0.25, 0.3) is 5.69 Å². The van der Waals surface area contributed by atoms with Gasteiger partial charge in [0.05, 0.1) is 11.4 Å². The highest BCUT2D eigenvalue weighted by atomic mass is 16.3. The lowest BCUT2D eigenvalue weighted by Crippen LogP contribution is -2.30. The molecule has 2 aromatic rings. The summed E-state index contributed by atoms with van der Waals surface area (Å²) < 4.78 is 1.81. The van der Waals surface area contributed by atoms with Crippen LogP contribution in [0.5, 0.6) is 0 Å². The fourth-order valence-corrected chi connectivity index (χ4v) is 2.25. The van der Waals surface area contributed by atoms with Gasteiger partial charge in [-0.1, -0.05) is 25.1 Å². The van der Waals surface area contributed by atoms with Gasteiger partial charge in [-0.3, -0.25) is 0 Å². The van der Waals surface area contributed by atoms with E-state index in [9.17, 15) is 5.11 Å². The topological polar surface area (TPSA) is 50.1 Å². The van der Waals surface area contributed by atoms with Crippen LogP contribution >= 0.6 is 0 Å². The molecule has 0 saturated heterocycles. The van der Waals surface area contributed by atoms with Crippen LogP contribution in [0.2, 0.25) is 0 Å². The minimum atomic E-state index is -0.896. The van der Waals surface area contributed by atoms with Crippen LogP contribution in [-0.4, -0.2) is 28.0 Å². The molecule has 2 rings (SSSR count). The molecule has 0 spiro atoms. The van der Waals surface area contributed by atoms with Gasteiger partial charge in [-0.05, 0) is 51.1 Å². The van der Waals surface area contributed by atoms with E-state index in [0.717, 1.165) is 30.9 Å². The predicted molar refractivity (Wildman–Crippen MR) is 80.9 cm³/mol. The molecule has 1 aromatic carbocycles. The van der Waals surface area contributed by atoms with E-state index in [1.54, 1.807) is 10.9 Å². The van der Waals surface area contributed by atoms with Gasteiger partial charge in [0.1, 0.15) is 5.60 Å². The lowest BCUT2D eigenvalue weighted by atomic mass is 9.98. The summed E-state index contributed by atoms with van der Waals surface area (Å²) in [4.78, 5) is 0. The third-order valence-corrected chi connectivity index (χ3v) is 3.41. The zero-order valence-corrected chi connectivity index (χ0v) is 12.2. The highest BCUT2D eigenvalue weighted by molar-refractivity contribution is 5.33. The Labute approximate surface area is 120 Å². The Balaban J connectivity index is 2.14. The van der Waals surface area contributed by atoms with Crippen molar-refractivity contribution in [2.45, 2.75) is 32.3 Å². The van der Waals surface area contributed by atoms with E-state index in [4.69, 9.17) is 0 Å². The molecule has 0 aliphatic carbocycles. The second kappa shape index (κ2) is 6.68. The van der Waals surface area contributed by atoms with Crippen LogP contribution in [0.1, 0.15) is 32.4 Å².